The van der Waals surface area contributed by atoms with Crippen LogP contribution in [0.5, 0.6) is 17.2 Å². The van der Waals surface area contributed by atoms with Gasteiger partial charge in [0.1, 0.15) is 12.4 Å². The standard InChI is InChI=1S/C22H25NO6/c1-3-26-19-10-9-17(12-20(19)27-4-2)23-21(24)14-29-22(25)16-11-15-7-5-6-8-18(15)28-13-16/h5-10,12,16H,3-4,11,13-14H2,1-2H3,(H,23,24). The number of hydrogen-bond acceptors (Lipinski definition) is 6. The minimum absolute atomic E-state index is 0.244. The van der Waals surface area contributed by atoms with Crippen molar-refractivity contribution in [2.75, 3.05) is 31.7 Å². The van der Waals surface area contributed by atoms with Crippen molar-refractivity contribution in [3.8, 4) is 17.2 Å². The van der Waals surface area contributed by atoms with Crippen LogP contribution in [0.25, 0.3) is 0 Å². The van der Waals surface area contributed by atoms with Crippen LogP contribution in [0.2, 0.25) is 0 Å². The van der Waals surface area contributed by atoms with Gasteiger partial charge in [-0.1, -0.05) is 18.2 Å². The Morgan fingerprint density at radius 2 is 1.83 bits per heavy atom. The van der Waals surface area contributed by atoms with Gasteiger partial charge < -0.3 is 24.3 Å². The van der Waals surface area contributed by atoms with E-state index in [1.807, 2.05) is 38.1 Å². The lowest BCUT2D eigenvalue weighted by atomic mass is 9.97. The number of rotatable bonds is 8. The molecule has 1 amide bonds. The Balaban J connectivity index is 1.52. The molecule has 7 heteroatoms. The molecule has 7 nitrogen and oxygen atoms in total. The van der Waals surface area contributed by atoms with Crippen LogP contribution in [0.3, 0.4) is 0 Å². The third kappa shape index (κ3) is 5.40. The first-order chi connectivity index (χ1) is 14.1. The van der Waals surface area contributed by atoms with Crippen LogP contribution in [-0.2, 0) is 20.7 Å². The number of ether oxygens (including phenoxy) is 4. The number of carbonyl (C=O) groups excluding carboxylic acids is 2. The van der Waals surface area contributed by atoms with E-state index in [0.717, 1.165) is 11.3 Å². The van der Waals surface area contributed by atoms with E-state index in [1.165, 1.54) is 0 Å². The van der Waals surface area contributed by atoms with Crippen molar-refractivity contribution in [3.05, 3.63) is 48.0 Å². The molecule has 0 radical (unpaired) electrons. The Bertz CT molecular complexity index is 866. The summed E-state index contributed by atoms with van der Waals surface area (Å²) in [5.74, 6) is 0.639. The molecule has 0 saturated carbocycles. The van der Waals surface area contributed by atoms with E-state index >= 15 is 0 Å². The van der Waals surface area contributed by atoms with Gasteiger partial charge in [0.05, 0.1) is 19.1 Å². The molecule has 1 aliphatic rings. The molecule has 0 fully saturated rings. The average Bonchev–Trinajstić information content (AvgIpc) is 2.74. The van der Waals surface area contributed by atoms with Crippen molar-refractivity contribution in [2.24, 2.45) is 5.92 Å². The maximum Gasteiger partial charge on any atom is 0.313 e. The number of benzene rings is 2. The fraction of sp³-hybridized carbons (Fsp3) is 0.364. The van der Waals surface area contributed by atoms with Crippen molar-refractivity contribution >= 4 is 17.6 Å². The fourth-order valence-corrected chi connectivity index (χ4v) is 3.06. The smallest absolute Gasteiger partial charge is 0.313 e. The highest BCUT2D eigenvalue weighted by atomic mass is 16.5. The summed E-state index contributed by atoms with van der Waals surface area (Å²) in [6.07, 6.45) is 0.535. The van der Waals surface area contributed by atoms with Crippen molar-refractivity contribution in [2.45, 2.75) is 20.3 Å². The topological polar surface area (TPSA) is 83.1 Å². The van der Waals surface area contributed by atoms with Gasteiger partial charge >= 0.3 is 5.97 Å². The summed E-state index contributed by atoms with van der Waals surface area (Å²) in [4.78, 5) is 24.5. The molecule has 1 heterocycles. The van der Waals surface area contributed by atoms with Crippen molar-refractivity contribution in [1.29, 1.82) is 0 Å². The normalized spacial score (nSPS) is 14.9. The average molecular weight is 399 g/mol. The maximum absolute atomic E-state index is 12.3. The maximum atomic E-state index is 12.3. The third-order valence-corrected chi connectivity index (χ3v) is 4.38. The Hall–Kier alpha value is -3.22. The Morgan fingerprint density at radius 3 is 2.62 bits per heavy atom. The molecule has 29 heavy (non-hydrogen) atoms. The lowest BCUT2D eigenvalue weighted by molar-refractivity contribution is -0.152. The molecular formula is C22H25NO6. The number of esters is 1. The molecule has 2 aromatic rings. The predicted octanol–water partition coefficient (Wildman–Crippen LogP) is 3.22. The highest BCUT2D eigenvalue weighted by Crippen LogP contribution is 2.31. The number of anilines is 1. The lowest BCUT2D eigenvalue weighted by Crippen LogP contribution is -2.31. The molecule has 0 bridgehead atoms. The molecule has 1 N–H and O–H groups in total. The summed E-state index contributed by atoms with van der Waals surface area (Å²) in [6.45, 7) is 4.62. The zero-order valence-electron chi connectivity index (χ0n) is 16.6. The third-order valence-electron chi connectivity index (χ3n) is 4.38. The number of amides is 1. The van der Waals surface area contributed by atoms with Crippen LogP contribution in [0, 0.1) is 5.92 Å². The van der Waals surface area contributed by atoms with Crippen LogP contribution in [0.1, 0.15) is 19.4 Å². The highest BCUT2D eigenvalue weighted by Gasteiger charge is 2.27. The summed E-state index contributed by atoms with van der Waals surface area (Å²) in [6, 6.07) is 12.7. The zero-order chi connectivity index (χ0) is 20.6. The summed E-state index contributed by atoms with van der Waals surface area (Å²) in [7, 11) is 0. The van der Waals surface area contributed by atoms with Gasteiger partial charge in [0.25, 0.3) is 5.91 Å². The largest absolute Gasteiger partial charge is 0.492 e. The number of fused-ring (bicyclic) bond motifs is 1. The van der Waals surface area contributed by atoms with Crippen molar-refractivity contribution in [3.63, 3.8) is 0 Å². The number of hydrogen-bond donors (Lipinski definition) is 1. The second-order valence-corrected chi connectivity index (χ2v) is 6.50. The van der Waals surface area contributed by atoms with Gasteiger partial charge in [-0.25, -0.2) is 0 Å². The van der Waals surface area contributed by atoms with Gasteiger partial charge in [-0.3, -0.25) is 9.59 Å². The molecule has 2 aromatic carbocycles. The van der Waals surface area contributed by atoms with Crippen LogP contribution < -0.4 is 19.5 Å². The van der Waals surface area contributed by atoms with Crippen LogP contribution >= 0.6 is 0 Å². The highest BCUT2D eigenvalue weighted by molar-refractivity contribution is 5.93. The molecule has 0 saturated heterocycles. The molecule has 3 rings (SSSR count). The van der Waals surface area contributed by atoms with Gasteiger partial charge in [0, 0.05) is 11.8 Å². The quantitative estimate of drug-likeness (QED) is 0.687. The van der Waals surface area contributed by atoms with Crippen molar-refractivity contribution in [1.82, 2.24) is 0 Å². The van der Waals surface area contributed by atoms with E-state index in [9.17, 15) is 9.59 Å². The summed E-state index contributed by atoms with van der Waals surface area (Å²) in [5, 5.41) is 2.70. The summed E-state index contributed by atoms with van der Waals surface area (Å²) in [5.41, 5.74) is 1.50. The number of para-hydroxylation sites is 1. The minimum Gasteiger partial charge on any atom is -0.492 e. The molecule has 0 aliphatic carbocycles. The first-order valence-electron chi connectivity index (χ1n) is 9.67. The van der Waals surface area contributed by atoms with E-state index in [1.54, 1.807) is 18.2 Å². The van der Waals surface area contributed by atoms with E-state index < -0.39 is 17.8 Å². The van der Waals surface area contributed by atoms with Crippen LogP contribution in [0.4, 0.5) is 5.69 Å². The van der Waals surface area contributed by atoms with Gasteiger partial charge in [-0.05, 0) is 44.0 Å². The lowest BCUT2D eigenvalue weighted by Gasteiger charge is -2.23. The molecule has 0 spiro atoms. The summed E-state index contributed by atoms with van der Waals surface area (Å²) < 4.78 is 21.8. The molecule has 1 aliphatic heterocycles. The first-order valence-corrected chi connectivity index (χ1v) is 9.67. The first kappa shape index (κ1) is 20.5. The molecule has 1 atom stereocenters. The molecular weight excluding hydrogens is 374 g/mol. The predicted molar refractivity (Wildman–Crippen MR) is 107 cm³/mol. The fourth-order valence-electron chi connectivity index (χ4n) is 3.06. The van der Waals surface area contributed by atoms with Crippen LogP contribution in [-0.4, -0.2) is 38.3 Å². The zero-order valence-corrected chi connectivity index (χ0v) is 16.6. The minimum atomic E-state index is -0.448. The van der Waals surface area contributed by atoms with Crippen LogP contribution in [0.15, 0.2) is 42.5 Å². The van der Waals surface area contributed by atoms with Gasteiger partial charge in [0.2, 0.25) is 0 Å². The second-order valence-electron chi connectivity index (χ2n) is 6.50. The van der Waals surface area contributed by atoms with Gasteiger partial charge in [0.15, 0.2) is 18.1 Å². The van der Waals surface area contributed by atoms with E-state index in [2.05, 4.69) is 5.32 Å². The molecule has 1 unspecified atom stereocenters. The van der Waals surface area contributed by atoms with E-state index in [0.29, 0.717) is 36.8 Å². The SMILES string of the molecule is CCOc1ccc(NC(=O)COC(=O)C2COc3ccccc3C2)cc1OCC. The number of carbonyl (C=O) groups is 2. The molecule has 0 aromatic heterocycles. The second kappa shape index (κ2) is 9.82. The van der Waals surface area contributed by atoms with Gasteiger partial charge in [-0.15, -0.1) is 0 Å². The molecule has 154 valence electrons. The Morgan fingerprint density at radius 1 is 1.07 bits per heavy atom. The van der Waals surface area contributed by atoms with Gasteiger partial charge in [-0.2, -0.15) is 0 Å². The Kier molecular flexibility index (Phi) is 6.94. The van der Waals surface area contributed by atoms with E-state index in [4.69, 9.17) is 18.9 Å². The monoisotopic (exact) mass is 399 g/mol. The number of nitrogens with one attached hydrogen (secondary N) is 1. The van der Waals surface area contributed by atoms with Crippen molar-refractivity contribution < 1.29 is 28.5 Å². The van der Waals surface area contributed by atoms with E-state index in [-0.39, 0.29) is 13.2 Å². The summed E-state index contributed by atoms with van der Waals surface area (Å²) >= 11 is 0. The Labute approximate surface area is 169 Å².